The van der Waals surface area contributed by atoms with Crippen LogP contribution in [0.5, 0.6) is 11.5 Å². The summed E-state index contributed by atoms with van der Waals surface area (Å²) in [5, 5.41) is 80.3. The van der Waals surface area contributed by atoms with Crippen LogP contribution in [0.3, 0.4) is 0 Å². The molecule has 31 heavy (non-hydrogen) atoms. The fourth-order valence-corrected chi connectivity index (χ4v) is 3.74. The van der Waals surface area contributed by atoms with E-state index >= 15 is 0 Å². The molecule has 0 saturated carbocycles. The summed E-state index contributed by atoms with van der Waals surface area (Å²) in [6.07, 6.45) is -14.9. The van der Waals surface area contributed by atoms with Gasteiger partial charge in [-0.3, -0.25) is 0 Å². The zero-order chi connectivity index (χ0) is 22.9. The summed E-state index contributed by atoms with van der Waals surface area (Å²) in [5.41, 5.74) is 0.290. The minimum Gasteiger partial charge on any atom is -0.504 e. The molecule has 0 radical (unpaired) electrons. The summed E-state index contributed by atoms with van der Waals surface area (Å²) < 4.78 is 21.4. The SMILES string of the molecule is COc1ccc(C2OC(CO)C(O)C(OC3OC(CO)C(O)C(O)C3O)C2O)cc1O. The van der Waals surface area contributed by atoms with Gasteiger partial charge in [0.15, 0.2) is 17.8 Å². The summed E-state index contributed by atoms with van der Waals surface area (Å²) >= 11 is 0. The third kappa shape index (κ3) is 4.64. The van der Waals surface area contributed by atoms with Crippen molar-refractivity contribution < 1.29 is 59.8 Å². The number of aliphatic hydroxyl groups is 7. The second-order valence-corrected chi connectivity index (χ2v) is 7.49. The van der Waals surface area contributed by atoms with E-state index < -0.39 is 74.4 Å². The van der Waals surface area contributed by atoms with E-state index in [1.165, 1.54) is 25.3 Å². The van der Waals surface area contributed by atoms with Gasteiger partial charge in [0.1, 0.15) is 54.9 Å². The first-order valence-electron chi connectivity index (χ1n) is 9.68. The number of rotatable bonds is 6. The lowest BCUT2D eigenvalue weighted by atomic mass is 9.90. The Kier molecular flexibility index (Phi) is 7.70. The van der Waals surface area contributed by atoms with Gasteiger partial charge in [0.05, 0.1) is 20.3 Å². The molecule has 10 atom stereocenters. The molecule has 12 heteroatoms. The van der Waals surface area contributed by atoms with Crippen LogP contribution in [0, 0.1) is 0 Å². The molecule has 2 saturated heterocycles. The average Bonchev–Trinajstić information content (AvgIpc) is 2.76. The topological polar surface area (TPSA) is 199 Å². The van der Waals surface area contributed by atoms with Crippen LogP contribution in [-0.4, -0.2) is 116 Å². The van der Waals surface area contributed by atoms with Crippen molar-refractivity contribution in [2.45, 2.75) is 61.2 Å². The van der Waals surface area contributed by atoms with E-state index in [0.29, 0.717) is 5.56 Å². The monoisotopic (exact) mass is 448 g/mol. The molecule has 0 amide bonds. The lowest BCUT2D eigenvalue weighted by Gasteiger charge is -2.46. The number of aliphatic hydroxyl groups excluding tert-OH is 7. The van der Waals surface area contributed by atoms with Crippen molar-refractivity contribution >= 4 is 0 Å². The molecule has 12 nitrogen and oxygen atoms in total. The van der Waals surface area contributed by atoms with Gasteiger partial charge in [-0.25, -0.2) is 0 Å². The maximum absolute atomic E-state index is 10.8. The fraction of sp³-hybridized carbons (Fsp3) is 0.684. The van der Waals surface area contributed by atoms with Crippen LogP contribution in [0.4, 0.5) is 0 Å². The van der Waals surface area contributed by atoms with Crippen molar-refractivity contribution in [2.24, 2.45) is 0 Å². The molecular weight excluding hydrogens is 420 g/mol. The molecule has 2 fully saturated rings. The normalized spacial score (nSPS) is 41.2. The standard InChI is InChI=1S/C19H28O12/c1-28-9-3-2-7(4-8(9)22)17-16(27)18(13(24)11(6-21)29-17)31-19-15(26)14(25)12(23)10(5-20)30-19/h2-4,10-27H,5-6H2,1H3. The van der Waals surface area contributed by atoms with Gasteiger partial charge in [0, 0.05) is 0 Å². The summed E-state index contributed by atoms with van der Waals surface area (Å²) in [5.74, 6) is -0.0456. The Morgan fingerprint density at radius 3 is 2.06 bits per heavy atom. The van der Waals surface area contributed by atoms with Crippen molar-refractivity contribution in [2.75, 3.05) is 20.3 Å². The predicted octanol–water partition coefficient (Wildman–Crippen LogP) is -3.26. The smallest absolute Gasteiger partial charge is 0.187 e. The second-order valence-electron chi connectivity index (χ2n) is 7.49. The van der Waals surface area contributed by atoms with Gasteiger partial charge in [0.2, 0.25) is 0 Å². The van der Waals surface area contributed by atoms with Crippen LogP contribution in [0.1, 0.15) is 11.7 Å². The summed E-state index contributed by atoms with van der Waals surface area (Å²) in [6.45, 7) is -1.32. The molecule has 0 aromatic heterocycles. The first-order chi connectivity index (χ1) is 14.7. The Bertz CT molecular complexity index is 730. The number of hydrogen-bond donors (Lipinski definition) is 8. The molecular formula is C19H28O12. The number of ether oxygens (including phenoxy) is 4. The van der Waals surface area contributed by atoms with Gasteiger partial charge >= 0.3 is 0 Å². The third-order valence-corrected chi connectivity index (χ3v) is 5.54. The van der Waals surface area contributed by atoms with Crippen molar-refractivity contribution in [3.63, 3.8) is 0 Å². The van der Waals surface area contributed by atoms with Crippen molar-refractivity contribution in [3.8, 4) is 11.5 Å². The zero-order valence-corrected chi connectivity index (χ0v) is 16.6. The van der Waals surface area contributed by atoms with E-state index in [-0.39, 0.29) is 11.5 Å². The van der Waals surface area contributed by atoms with Crippen LogP contribution in [-0.2, 0) is 14.2 Å². The van der Waals surface area contributed by atoms with E-state index in [0.717, 1.165) is 0 Å². The van der Waals surface area contributed by atoms with Crippen LogP contribution in [0.2, 0.25) is 0 Å². The summed E-state index contributed by atoms with van der Waals surface area (Å²) in [4.78, 5) is 0. The first kappa shape index (κ1) is 24.1. The van der Waals surface area contributed by atoms with Crippen molar-refractivity contribution in [1.29, 1.82) is 0 Å². The third-order valence-electron chi connectivity index (χ3n) is 5.54. The fourth-order valence-electron chi connectivity index (χ4n) is 3.74. The maximum atomic E-state index is 10.8. The molecule has 176 valence electrons. The lowest BCUT2D eigenvalue weighted by Crippen LogP contribution is -2.63. The molecule has 0 spiro atoms. The Balaban J connectivity index is 1.85. The predicted molar refractivity (Wildman–Crippen MR) is 100 cm³/mol. The minimum atomic E-state index is -1.75. The number of phenols is 1. The number of benzene rings is 1. The molecule has 2 aliphatic heterocycles. The van der Waals surface area contributed by atoms with E-state index in [1.807, 2.05) is 0 Å². The van der Waals surface area contributed by atoms with E-state index in [9.17, 15) is 40.9 Å². The van der Waals surface area contributed by atoms with Gasteiger partial charge in [-0.05, 0) is 17.7 Å². The largest absolute Gasteiger partial charge is 0.504 e. The average molecular weight is 448 g/mol. The quantitative estimate of drug-likeness (QED) is 0.216. The van der Waals surface area contributed by atoms with Crippen LogP contribution < -0.4 is 4.74 Å². The van der Waals surface area contributed by atoms with Crippen molar-refractivity contribution in [1.82, 2.24) is 0 Å². The molecule has 0 aliphatic carbocycles. The molecule has 1 aromatic carbocycles. The van der Waals surface area contributed by atoms with Crippen LogP contribution in [0.15, 0.2) is 18.2 Å². The Morgan fingerprint density at radius 2 is 1.48 bits per heavy atom. The highest BCUT2D eigenvalue weighted by molar-refractivity contribution is 5.42. The van der Waals surface area contributed by atoms with Gasteiger partial charge in [-0.2, -0.15) is 0 Å². The second kappa shape index (κ2) is 9.92. The number of aromatic hydroxyl groups is 1. The molecule has 2 aliphatic rings. The van der Waals surface area contributed by atoms with Gasteiger partial charge in [0.25, 0.3) is 0 Å². The van der Waals surface area contributed by atoms with Gasteiger partial charge in [-0.1, -0.05) is 6.07 Å². The summed E-state index contributed by atoms with van der Waals surface area (Å²) in [7, 11) is 1.36. The van der Waals surface area contributed by atoms with Gasteiger partial charge < -0.3 is 59.8 Å². The number of hydrogen-bond acceptors (Lipinski definition) is 12. The maximum Gasteiger partial charge on any atom is 0.187 e. The van der Waals surface area contributed by atoms with E-state index in [2.05, 4.69) is 0 Å². The number of phenolic OH excluding ortho intramolecular Hbond substituents is 1. The highest BCUT2D eigenvalue weighted by Crippen LogP contribution is 2.38. The van der Waals surface area contributed by atoms with E-state index in [4.69, 9.17) is 18.9 Å². The molecule has 10 unspecified atom stereocenters. The molecule has 3 rings (SSSR count). The Hall–Kier alpha value is -1.58. The molecule has 2 heterocycles. The Morgan fingerprint density at radius 1 is 0.839 bits per heavy atom. The van der Waals surface area contributed by atoms with Crippen LogP contribution >= 0.6 is 0 Å². The van der Waals surface area contributed by atoms with E-state index in [1.54, 1.807) is 0 Å². The summed E-state index contributed by atoms with van der Waals surface area (Å²) in [6, 6.07) is 4.22. The molecule has 8 N–H and O–H groups in total. The number of methoxy groups -OCH3 is 1. The molecule has 0 bridgehead atoms. The highest BCUT2D eigenvalue weighted by Gasteiger charge is 2.50. The molecule has 1 aromatic rings. The van der Waals surface area contributed by atoms with Crippen LogP contribution in [0.25, 0.3) is 0 Å². The van der Waals surface area contributed by atoms with Crippen molar-refractivity contribution in [3.05, 3.63) is 23.8 Å². The zero-order valence-electron chi connectivity index (χ0n) is 16.6. The highest BCUT2D eigenvalue weighted by atomic mass is 16.7. The van der Waals surface area contributed by atoms with Gasteiger partial charge in [-0.15, -0.1) is 0 Å². The Labute approximate surface area is 177 Å². The first-order valence-corrected chi connectivity index (χ1v) is 9.68. The minimum absolute atomic E-state index is 0.182. The lowest BCUT2D eigenvalue weighted by molar-refractivity contribution is -0.342.